The molecule has 0 N–H and O–H groups in total. The van der Waals surface area contributed by atoms with Crippen molar-refractivity contribution in [1.82, 2.24) is 0 Å². The number of unbranched alkanes of at least 4 members (excludes halogenated alkanes) is 1. The molecule has 0 radical (unpaired) electrons. The number of hydrogen-bond donors (Lipinski definition) is 0. The number of allylic oxidation sites excluding steroid dienone is 1. The number of carbonyl (C=O) groups excluding carboxylic acids is 1. The third-order valence-corrected chi connectivity index (χ3v) is 5.35. The normalized spacial score (nSPS) is 15.1. The van der Waals surface area contributed by atoms with Crippen LogP contribution in [-0.2, 0) is 0 Å². The molecule has 2 aromatic rings. The first kappa shape index (κ1) is 19.4. The van der Waals surface area contributed by atoms with Crippen LogP contribution in [0.1, 0.15) is 79.3 Å². The molecule has 2 aromatic carbocycles. The third kappa shape index (κ3) is 5.82. The van der Waals surface area contributed by atoms with Gasteiger partial charge in [0.15, 0.2) is 5.78 Å². The molecule has 0 heterocycles. The Balaban J connectivity index is 1.56. The van der Waals surface area contributed by atoms with E-state index < -0.39 is 0 Å². The van der Waals surface area contributed by atoms with Crippen molar-refractivity contribution in [2.75, 3.05) is 6.61 Å². The summed E-state index contributed by atoms with van der Waals surface area (Å²) in [5.74, 6) is 1.61. The number of rotatable bonds is 8. The van der Waals surface area contributed by atoms with Crippen molar-refractivity contribution in [1.29, 1.82) is 0 Å². The van der Waals surface area contributed by atoms with Gasteiger partial charge in [0.05, 0.1) is 6.61 Å². The van der Waals surface area contributed by atoms with Crippen LogP contribution < -0.4 is 4.74 Å². The molecule has 2 nitrogen and oxygen atoms in total. The average molecular weight is 363 g/mol. The predicted molar refractivity (Wildman–Crippen MR) is 112 cm³/mol. The second-order valence-electron chi connectivity index (χ2n) is 7.43. The fourth-order valence-electron chi connectivity index (χ4n) is 3.63. The molecule has 3 rings (SSSR count). The maximum Gasteiger partial charge on any atom is 0.185 e. The first-order chi connectivity index (χ1) is 13.3. The lowest BCUT2D eigenvalue weighted by molar-refractivity contribution is 0.104. The van der Waals surface area contributed by atoms with E-state index in [0.717, 1.165) is 36.3 Å². The van der Waals surface area contributed by atoms with Gasteiger partial charge in [-0.15, -0.1) is 0 Å². The molecule has 1 aliphatic rings. The van der Waals surface area contributed by atoms with Crippen molar-refractivity contribution in [3.05, 3.63) is 71.3 Å². The maximum atomic E-state index is 12.4. The van der Waals surface area contributed by atoms with Gasteiger partial charge in [-0.3, -0.25) is 4.79 Å². The van der Waals surface area contributed by atoms with E-state index in [-0.39, 0.29) is 5.78 Å². The average Bonchev–Trinajstić information content (AvgIpc) is 2.74. The van der Waals surface area contributed by atoms with Crippen molar-refractivity contribution >= 4 is 11.9 Å². The standard InChI is InChI=1S/C25H30O2/c1-2-3-19-27-24-16-9-20(10-17-24)11-18-25(26)23-14-12-22(13-15-23)21-7-5-4-6-8-21/h9-18,21H,2-8,19H2,1H3/b18-11+. The number of carbonyl (C=O) groups is 1. The van der Waals surface area contributed by atoms with Crippen LogP contribution in [0.5, 0.6) is 5.75 Å². The number of hydrogen-bond acceptors (Lipinski definition) is 2. The Labute approximate surface area is 163 Å². The van der Waals surface area contributed by atoms with E-state index in [9.17, 15) is 4.79 Å². The summed E-state index contributed by atoms with van der Waals surface area (Å²) in [6.07, 6.45) is 12.3. The Hall–Kier alpha value is -2.35. The van der Waals surface area contributed by atoms with E-state index in [1.165, 1.54) is 37.7 Å². The molecule has 0 spiro atoms. The lowest BCUT2D eigenvalue weighted by Gasteiger charge is -2.21. The van der Waals surface area contributed by atoms with Gasteiger partial charge in [0.25, 0.3) is 0 Å². The summed E-state index contributed by atoms with van der Waals surface area (Å²) in [4.78, 5) is 12.4. The SMILES string of the molecule is CCCCOc1ccc(/C=C/C(=O)c2ccc(C3CCCCC3)cc2)cc1. The number of ketones is 1. The molecular weight excluding hydrogens is 332 g/mol. The Morgan fingerprint density at radius 2 is 1.70 bits per heavy atom. The minimum atomic E-state index is 0.0495. The summed E-state index contributed by atoms with van der Waals surface area (Å²) in [6, 6.07) is 16.1. The van der Waals surface area contributed by atoms with E-state index in [0.29, 0.717) is 5.92 Å². The van der Waals surface area contributed by atoms with Gasteiger partial charge in [0, 0.05) is 5.56 Å². The Bertz CT molecular complexity index is 735. The highest BCUT2D eigenvalue weighted by Gasteiger charge is 2.15. The fraction of sp³-hybridized carbons (Fsp3) is 0.400. The van der Waals surface area contributed by atoms with Crippen LogP contribution in [-0.4, -0.2) is 12.4 Å². The molecular formula is C25H30O2. The summed E-state index contributed by atoms with van der Waals surface area (Å²) in [6.45, 7) is 2.90. The molecule has 0 unspecified atom stereocenters. The zero-order valence-electron chi connectivity index (χ0n) is 16.3. The molecule has 0 atom stereocenters. The van der Waals surface area contributed by atoms with Crippen LogP contribution in [0.3, 0.4) is 0 Å². The Morgan fingerprint density at radius 3 is 2.37 bits per heavy atom. The van der Waals surface area contributed by atoms with E-state index in [2.05, 4.69) is 19.1 Å². The topological polar surface area (TPSA) is 26.3 Å². The molecule has 1 fully saturated rings. The number of benzene rings is 2. The Morgan fingerprint density at radius 1 is 1.00 bits per heavy atom. The van der Waals surface area contributed by atoms with E-state index >= 15 is 0 Å². The first-order valence-electron chi connectivity index (χ1n) is 10.3. The first-order valence-corrected chi connectivity index (χ1v) is 10.3. The summed E-state index contributed by atoms with van der Waals surface area (Å²) in [5.41, 5.74) is 3.14. The van der Waals surface area contributed by atoms with E-state index in [1.807, 2.05) is 42.5 Å². The highest BCUT2D eigenvalue weighted by molar-refractivity contribution is 6.06. The zero-order valence-corrected chi connectivity index (χ0v) is 16.3. The van der Waals surface area contributed by atoms with Crippen LogP contribution in [0.2, 0.25) is 0 Å². The van der Waals surface area contributed by atoms with Gasteiger partial charge in [-0.1, -0.05) is 75.1 Å². The van der Waals surface area contributed by atoms with Gasteiger partial charge in [-0.05, 0) is 54.5 Å². The number of ether oxygens (including phenoxy) is 1. The molecule has 0 saturated heterocycles. The molecule has 0 aliphatic heterocycles. The largest absolute Gasteiger partial charge is 0.494 e. The molecule has 0 bridgehead atoms. The molecule has 2 heteroatoms. The lowest BCUT2D eigenvalue weighted by atomic mass is 9.84. The lowest BCUT2D eigenvalue weighted by Crippen LogP contribution is -2.05. The summed E-state index contributed by atoms with van der Waals surface area (Å²) < 4.78 is 5.67. The predicted octanol–water partition coefficient (Wildman–Crippen LogP) is 6.81. The summed E-state index contributed by atoms with van der Waals surface area (Å²) in [5, 5.41) is 0. The minimum absolute atomic E-state index is 0.0495. The summed E-state index contributed by atoms with van der Waals surface area (Å²) in [7, 11) is 0. The molecule has 0 amide bonds. The van der Waals surface area contributed by atoms with E-state index in [4.69, 9.17) is 4.74 Å². The zero-order chi connectivity index (χ0) is 18.9. The minimum Gasteiger partial charge on any atom is -0.494 e. The van der Waals surface area contributed by atoms with Gasteiger partial charge >= 0.3 is 0 Å². The van der Waals surface area contributed by atoms with Crippen molar-refractivity contribution in [3.8, 4) is 5.75 Å². The smallest absolute Gasteiger partial charge is 0.185 e. The van der Waals surface area contributed by atoms with Crippen LogP contribution in [0.25, 0.3) is 6.08 Å². The molecule has 1 aliphatic carbocycles. The second-order valence-corrected chi connectivity index (χ2v) is 7.43. The van der Waals surface area contributed by atoms with Gasteiger partial charge in [0.1, 0.15) is 5.75 Å². The summed E-state index contributed by atoms with van der Waals surface area (Å²) >= 11 is 0. The third-order valence-electron chi connectivity index (χ3n) is 5.35. The quantitative estimate of drug-likeness (QED) is 0.293. The van der Waals surface area contributed by atoms with Gasteiger partial charge < -0.3 is 4.74 Å². The molecule has 27 heavy (non-hydrogen) atoms. The van der Waals surface area contributed by atoms with Gasteiger partial charge in [0.2, 0.25) is 0 Å². The van der Waals surface area contributed by atoms with Crippen molar-refractivity contribution in [2.24, 2.45) is 0 Å². The van der Waals surface area contributed by atoms with Crippen molar-refractivity contribution in [2.45, 2.75) is 57.8 Å². The Kier molecular flexibility index (Phi) is 7.27. The molecule has 142 valence electrons. The maximum absolute atomic E-state index is 12.4. The highest BCUT2D eigenvalue weighted by atomic mass is 16.5. The van der Waals surface area contributed by atoms with Crippen LogP contribution in [0, 0.1) is 0 Å². The van der Waals surface area contributed by atoms with Crippen LogP contribution >= 0.6 is 0 Å². The molecule has 0 aromatic heterocycles. The van der Waals surface area contributed by atoms with Gasteiger partial charge in [-0.25, -0.2) is 0 Å². The highest BCUT2D eigenvalue weighted by Crippen LogP contribution is 2.32. The second kappa shape index (κ2) is 10.1. The molecule has 1 saturated carbocycles. The fourth-order valence-corrected chi connectivity index (χ4v) is 3.63. The van der Waals surface area contributed by atoms with Gasteiger partial charge in [-0.2, -0.15) is 0 Å². The van der Waals surface area contributed by atoms with Crippen molar-refractivity contribution < 1.29 is 9.53 Å². The van der Waals surface area contributed by atoms with Crippen LogP contribution in [0.4, 0.5) is 0 Å². The monoisotopic (exact) mass is 362 g/mol. The van der Waals surface area contributed by atoms with Crippen molar-refractivity contribution in [3.63, 3.8) is 0 Å². The van der Waals surface area contributed by atoms with E-state index in [1.54, 1.807) is 6.08 Å². The van der Waals surface area contributed by atoms with Crippen LogP contribution in [0.15, 0.2) is 54.6 Å².